The number of hydrogen-bond acceptors (Lipinski definition) is 3. The number of ketones is 1. The average Bonchev–Trinajstić information content (AvgIpc) is 2.38. The Hall–Kier alpha value is -0.410. The quantitative estimate of drug-likeness (QED) is 0.632. The molecule has 0 fully saturated rings. The number of carbonyl (C=O) groups excluding carboxylic acids is 1. The molecule has 0 amide bonds. The molecule has 0 aromatic heterocycles. The minimum absolute atomic E-state index is 0.102. The second kappa shape index (κ2) is 10.3. The molecule has 0 heterocycles. The molecule has 0 rings (SSSR count). The zero-order chi connectivity index (χ0) is 17.3. The molecule has 0 aliphatic rings. The fourth-order valence-electron chi connectivity index (χ4n) is 2.04. The lowest BCUT2D eigenvalue weighted by molar-refractivity contribution is -0.130. The predicted octanol–water partition coefficient (Wildman–Crippen LogP) is 4.40. The van der Waals surface area contributed by atoms with Gasteiger partial charge in [0.15, 0.2) is 0 Å². The normalized spacial score (nSPS) is 12.4. The number of ether oxygens (including phenoxy) is 1. The molecule has 0 aromatic rings. The van der Waals surface area contributed by atoms with Crippen molar-refractivity contribution in [3.63, 3.8) is 0 Å². The first kappa shape index (κ1) is 22.9. The van der Waals surface area contributed by atoms with Gasteiger partial charge in [0.2, 0.25) is 0 Å². The maximum absolute atomic E-state index is 11.8. The van der Waals surface area contributed by atoms with Crippen LogP contribution in [0.4, 0.5) is 0 Å². The van der Waals surface area contributed by atoms with Crippen molar-refractivity contribution in [2.45, 2.75) is 74.8 Å². The van der Waals surface area contributed by atoms with E-state index in [1.54, 1.807) is 0 Å². The second-order valence-corrected chi connectivity index (χ2v) is 7.33. The van der Waals surface area contributed by atoms with Crippen molar-refractivity contribution in [2.75, 3.05) is 26.8 Å². The Kier molecular flexibility index (Phi) is 11.3. The van der Waals surface area contributed by atoms with Crippen LogP contribution in [0.5, 0.6) is 0 Å². The number of carbonyl (C=O) groups is 1. The van der Waals surface area contributed by atoms with Crippen LogP contribution in [0.15, 0.2) is 0 Å². The van der Waals surface area contributed by atoms with Crippen LogP contribution in [0, 0.1) is 10.8 Å². The SMILES string of the molecule is CC.CCC(=O)C(C)(C)COCC(C)(C)CN(C)C(C)C. The molecule has 0 aromatic carbocycles. The summed E-state index contributed by atoms with van der Waals surface area (Å²) >= 11 is 0. The molecule has 0 atom stereocenters. The van der Waals surface area contributed by atoms with Crippen molar-refractivity contribution in [1.29, 1.82) is 0 Å². The van der Waals surface area contributed by atoms with Crippen molar-refractivity contribution in [1.82, 2.24) is 4.90 Å². The zero-order valence-corrected chi connectivity index (χ0v) is 16.2. The van der Waals surface area contributed by atoms with Crippen LogP contribution in [0.3, 0.4) is 0 Å². The van der Waals surface area contributed by atoms with E-state index < -0.39 is 0 Å². The van der Waals surface area contributed by atoms with Gasteiger partial charge in [-0.05, 0) is 20.9 Å². The summed E-state index contributed by atoms with van der Waals surface area (Å²) in [5.74, 6) is 0.268. The monoisotopic (exact) mass is 301 g/mol. The lowest BCUT2D eigenvalue weighted by atomic mass is 9.87. The van der Waals surface area contributed by atoms with Gasteiger partial charge in [0.25, 0.3) is 0 Å². The van der Waals surface area contributed by atoms with Crippen molar-refractivity contribution in [2.24, 2.45) is 10.8 Å². The van der Waals surface area contributed by atoms with E-state index in [1.807, 2.05) is 34.6 Å². The second-order valence-electron chi connectivity index (χ2n) is 7.33. The smallest absolute Gasteiger partial charge is 0.140 e. The van der Waals surface area contributed by atoms with E-state index in [4.69, 9.17) is 4.74 Å². The largest absolute Gasteiger partial charge is 0.380 e. The highest BCUT2D eigenvalue weighted by Crippen LogP contribution is 2.22. The average molecular weight is 302 g/mol. The van der Waals surface area contributed by atoms with Gasteiger partial charge in [-0.15, -0.1) is 0 Å². The van der Waals surface area contributed by atoms with Crippen LogP contribution in [0.1, 0.15) is 68.7 Å². The van der Waals surface area contributed by atoms with Gasteiger partial charge in [0.05, 0.1) is 13.2 Å². The Labute approximate surface area is 133 Å². The molecule has 0 unspecified atom stereocenters. The van der Waals surface area contributed by atoms with E-state index in [2.05, 4.69) is 39.6 Å². The standard InChI is InChI=1S/C16H33NO2.C2H6/c1-9-14(18)16(6,7)12-19-11-15(4,5)10-17(8)13(2)3;1-2/h13H,9-12H2,1-8H3;1-2H3. The molecular formula is C18H39NO2. The highest BCUT2D eigenvalue weighted by Gasteiger charge is 2.28. The summed E-state index contributed by atoms with van der Waals surface area (Å²) in [5.41, 5.74) is -0.265. The predicted molar refractivity (Wildman–Crippen MR) is 92.8 cm³/mol. The Morgan fingerprint density at radius 3 is 1.95 bits per heavy atom. The summed E-state index contributed by atoms with van der Waals surface area (Å²) in [5, 5.41) is 0. The van der Waals surface area contributed by atoms with Gasteiger partial charge in [-0.1, -0.05) is 48.5 Å². The van der Waals surface area contributed by atoms with Gasteiger partial charge in [0, 0.05) is 29.8 Å². The number of rotatable bonds is 9. The minimum atomic E-state index is -0.366. The van der Waals surface area contributed by atoms with Crippen molar-refractivity contribution < 1.29 is 9.53 Å². The highest BCUT2D eigenvalue weighted by atomic mass is 16.5. The van der Waals surface area contributed by atoms with E-state index in [1.165, 1.54) is 0 Å². The van der Waals surface area contributed by atoms with Crippen LogP contribution in [-0.4, -0.2) is 43.5 Å². The fourth-order valence-corrected chi connectivity index (χ4v) is 2.04. The van der Waals surface area contributed by atoms with Gasteiger partial charge in [0.1, 0.15) is 5.78 Å². The maximum Gasteiger partial charge on any atom is 0.140 e. The van der Waals surface area contributed by atoms with Crippen molar-refractivity contribution >= 4 is 5.78 Å². The van der Waals surface area contributed by atoms with E-state index in [0.717, 1.165) is 6.54 Å². The lowest BCUT2D eigenvalue weighted by Gasteiger charge is -2.33. The first-order valence-electron chi connectivity index (χ1n) is 8.33. The number of nitrogens with zero attached hydrogens (tertiary/aromatic N) is 1. The Morgan fingerprint density at radius 1 is 1.10 bits per heavy atom. The first-order valence-corrected chi connectivity index (χ1v) is 8.33. The van der Waals surface area contributed by atoms with Gasteiger partial charge < -0.3 is 9.64 Å². The summed E-state index contributed by atoms with van der Waals surface area (Å²) in [6.07, 6.45) is 0.579. The van der Waals surface area contributed by atoms with Crippen molar-refractivity contribution in [3.05, 3.63) is 0 Å². The molecule has 0 spiro atoms. The Balaban J connectivity index is 0. The van der Waals surface area contributed by atoms with Gasteiger partial charge >= 0.3 is 0 Å². The zero-order valence-electron chi connectivity index (χ0n) is 16.2. The molecule has 0 bridgehead atoms. The van der Waals surface area contributed by atoms with E-state index >= 15 is 0 Å². The van der Waals surface area contributed by atoms with Crippen LogP contribution in [0.2, 0.25) is 0 Å². The molecule has 0 saturated carbocycles. The van der Waals surface area contributed by atoms with Gasteiger partial charge in [-0.3, -0.25) is 4.79 Å². The van der Waals surface area contributed by atoms with E-state index in [9.17, 15) is 4.79 Å². The molecule has 0 aliphatic heterocycles. The van der Waals surface area contributed by atoms with E-state index in [-0.39, 0.29) is 16.6 Å². The Morgan fingerprint density at radius 2 is 1.57 bits per heavy atom. The van der Waals surface area contributed by atoms with Gasteiger partial charge in [-0.25, -0.2) is 0 Å². The van der Waals surface area contributed by atoms with Gasteiger partial charge in [-0.2, -0.15) is 0 Å². The maximum atomic E-state index is 11.8. The summed E-state index contributed by atoms with van der Waals surface area (Å²) in [4.78, 5) is 14.1. The summed E-state index contributed by atoms with van der Waals surface area (Å²) in [6.45, 7) is 20.8. The summed E-state index contributed by atoms with van der Waals surface area (Å²) in [6, 6.07) is 0.539. The third-order valence-electron chi connectivity index (χ3n) is 3.59. The van der Waals surface area contributed by atoms with Crippen LogP contribution in [0.25, 0.3) is 0 Å². The van der Waals surface area contributed by atoms with E-state index in [0.29, 0.717) is 25.7 Å². The molecule has 0 N–H and O–H groups in total. The molecule has 3 nitrogen and oxygen atoms in total. The molecule has 0 radical (unpaired) electrons. The minimum Gasteiger partial charge on any atom is -0.380 e. The molecule has 21 heavy (non-hydrogen) atoms. The van der Waals surface area contributed by atoms with Crippen LogP contribution >= 0.6 is 0 Å². The molecule has 128 valence electrons. The third-order valence-corrected chi connectivity index (χ3v) is 3.59. The summed E-state index contributed by atoms with van der Waals surface area (Å²) < 4.78 is 5.82. The van der Waals surface area contributed by atoms with Crippen molar-refractivity contribution in [3.8, 4) is 0 Å². The highest BCUT2D eigenvalue weighted by molar-refractivity contribution is 5.83. The summed E-state index contributed by atoms with van der Waals surface area (Å²) in [7, 11) is 2.14. The van der Waals surface area contributed by atoms with Crippen LogP contribution in [-0.2, 0) is 9.53 Å². The number of Topliss-reactive ketones (excluding diaryl/α,β-unsaturated/α-hetero) is 1. The topological polar surface area (TPSA) is 29.5 Å². The first-order chi connectivity index (χ1) is 9.52. The Bertz CT molecular complexity index is 283. The number of hydrogen-bond donors (Lipinski definition) is 0. The molecule has 3 heteroatoms. The molecule has 0 aliphatic carbocycles. The fraction of sp³-hybridized carbons (Fsp3) is 0.944. The third kappa shape index (κ3) is 10.0. The lowest BCUT2D eigenvalue weighted by Crippen LogP contribution is -2.39. The van der Waals surface area contributed by atoms with Crippen LogP contribution < -0.4 is 0 Å². The molecular weight excluding hydrogens is 262 g/mol. The molecule has 0 saturated heterocycles.